The molecule has 0 aliphatic carbocycles. The van der Waals surface area contributed by atoms with Gasteiger partial charge in [0.1, 0.15) is 5.75 Å². The van der Waals surface area contributed by atoms with E-state index in [1.54, 1.807) is 18.4 Å². The number of aromatic nitrogens is 1. The van der Waals surface area contributed by atoms with Crippen LogP contribution in [0.3, 0.4) is 0 Å². The first kappa shape index (κ1) is 12.9. The highest BCUT2D eigenvalue weighted by Crippen LogP contribution is 2.32. The van der Waals surface area contributed by atoms with Crippen LogP contribution >= 0.6 is 11.3 Å². The van der Waals surface area contributed by atoms with Crippen molar-refractivity contribution in [2.45, 2.75) is 20.3 Å². The molecule has 0 bridgehead atoms. The maximum absolute atomic E-state index is 5.35. The van der Waals surface area contributed by atoms with Crippen molar-refractivity contribution in [2.24, 2.45) is 0 Å². The Balaban J connectivity index is 2.47. The van der Waals surface area contributed by atoms with Crippen LogP contribution < -0.4 is 10.1 Å². The van der Waals surface area contributed by atoms with Crippen LogP contribution in [-0.2, 0) is 6.42 Å². The predicted octanol–water partition coefficient (Wildman–Crippen LogP) is 3.73. The Bertz CT molecular complexity index is 549. The molecule has 0 aliphatic rings. The van der Waals surface area contributed by atoms with Crippen LogP contribution in [0.25, 0.3) is 11.3 Å². The Hall–Kier alpha value is -1.55. The normalized spacial score (nSPS) is 10.4. The number of nitrogens with zero attached hydrogens (tertiary/aromatic N) is 1. The van der Waals surface area contributed by atoms with Crippen LogP contribution in [0.15, 0.2) is 18.2 Å². The Labute approximate surface area is 112 Å². The average Bonchev–Trinajstić information content (AvgIpc) is 2.79. The number of methoxy groups -OCH3 is 1. The summed E-state index contributed by atoms with van der Waals surface area (Å²) in [6.07, 6.45) is 0.957. The topological polar surface area (TPSA) is 34.2 Å². The number of benzene rings is 1. The summed E-state index contributed by atoms with van der Waals surface area (Å²) in [5.74, 6) is 0.947. The minimum absolute atomic E-state index is 0.947. The molecule has 0 radical (unpaired) electrons. The lowest BCUT2D eigenvalue weighted by Gasteiger charge is -2.08. The fourth-order valence-corrected chi connectivity index (χ4v) is 2.76. The predicted molar refractivity (Wildman–Crippen MR) is 77.8 cm³/mol. The van der Waals surface area contributed by atoms with E-state index < -0.39 is 0 Å². The van der Waals surface area contributed by atoms with Gasteiger partial charge in [-0.2, -0.15) is 0 Å². The lowest BCUT2D eigenvalue weighted by atomic mass is 10.0. The average molecular weight is 262 g/mol. The molecule has 1 heterocycles. The van der Waals surface area contributed by atoms with E-state index in [2.05, 4.69) is 36.3 Å². The summed E-state index contributed by atoms with van der Waals surface area (Å²) in [7, 11) is 3.61. The van der Waals surface area contributed by atoms with E-state index in [1.807, 2.05) is 13.1 Å². The van der Waals surface area contributed by atoms with Gasteiger partial charge in [0, 0.05) is 17.5 Å². The third-order valence-electron chi connectivity index (χ3n) is 2.95. The van der Waals surface area contributed by atoms with Crippen LogP contribution in [-0.4, -0.2) is 19.1 Å². The lowest BCUT2D eigenvalue weighted by Crippen LogP contribution is -1.92. The molecule has 2 aromatic rings. The van der Waals surface area contributed by atoms with E-state index in [1.165, 1.54) is 10.4 Å². The van der Waals surface area contributed by atoms with Crippen LogP contribution in [0.4, 0.5) is 5.13 Å². The zero-order chi connectivity index (χ0) is 13.1. The molecule has 0 atom stereocenters. The van der Waals surface area contributed by atoms with Gasteiger partial charge < -0.3 is 10.1 Å². The van der Waals surface area contributed by atoms with Crippen LogP contribution in [0.1, 0.15) is 17.4 Å². The maximum atomic E-state index is 5.35. The van der Waals surface area contributed by atoms with E-state index in [9.17, 15) is 0 Å². The first-order valence-corrected chi connectivity index (χ1v) is 6.83. The van der Waals surface area contributed by atoms with Crippen molar-refractivity contribution >= 4 is 16.5 Å². The number of rotatable bonds is 4. The zero-order valence-electron chi connectivity index (χ0n) is 11.2. The SMILES string of the molecule is CCc1cc(-c2nc(NC)sc2C)ccc1OC. The number of anilines is 1. The largest absolute Gasteiger partial charge is 0.496 e. The van der Waals surface area contributed by atoms with Gasteiger partial charge in [0.05, 0.1) is 12.8 Å². The molecule has 18 heavy (non-hydrogen) atoms. The second-order valence-electron chi connectivity index (χ2n) is 4.05. The van der Waals surface area contributed by atoms with E-state index in [-0.39, 0.29) is 0 Å². The van der Waals surface area contributed by atoms with Gasteiger partial charge in [-0.3, -0.25) is 0 Å². The van der Waals surface area contributed by atoms with Crippen LogP contribution in [0.5, 0.6) is 5.75 Å². The molecule has 0 saturated carbocycles. The van der Waals surface area contributed by atoms with Crippen molar-refractivity contribution < 1.29 is 4.74 Å². The van der Waals surface area contributed by atoms with Crippen LogP contribution in [0, 0.1) is 6.92 Å². The van der Waals surface area contributed by atoms with Gasteiger partial charge in [0.15, 0.2) is 5.13 Å². The minimum atomic E-state index is 0.947. The van der Waals surface area contributed by atoms with Crippen LogP contribution in [0.2, 0.25) is 0 Å². The van der Waals surface area contributed by atoms with E-state index in [0.29, 0.717) is 0 Å². The molecule has 0 unspecified atom stereocenters. The summed E-state index contributed by atoms with van der Waals surface area (Å²) < 4.78 is 5.35. The smallest absolute Gasteiger partial charge is 0.183 e. The fourth-order valence-electron chi connectivity index (χ4n) is 1.97. The van der Waals surface area contributed by atoms with Gasteiger partial charge in [-0.05, 0) is 37.1 Å². The second kappa shape index (κ2) is 5.40. The minimum Gasteiger partial charge on any atom is -0.496 e. The molecule has 1 aromatic carbocycles. The molecule has 0 fully saturated rings. The number of thiazole rings is 1. The summed E-state index contributed by atoms with van der Waals surface area (Å²) in [5, 5.41) is 4.05. The summed E-state index contributed by atoms with van der Waals surface area (Å²) >= 11 is 1.68. The molecule has 0 amide bonds. The highest BCUT2D eigenvalue weighted by Gasteiger charge is 2.11. The highest BCUT2D eigenvalue weighted by molar-refractivity contribution is 7.15. The van der Waals surface area contributed by atoms with Gasteiger partial charge in [0.25, 0.3) is 0 Å². The summed E-state index contributed by atoms with van der Waals surface area (Å²) in [4.78, 5) is 5.82. The molecule has 4 heteroatoms. The highest BCUT2D eigenvalue weighted by atomic mass is 32.1. The number of nitrogens with one attached hydrogen (secondary N) is 1. The zero-order valence-corrected chi connectivity index (χ0v) is 12.0. The molecule has 1 N–H and O–H groups in total. The number of hydrogen-bond donors (Lipinski definition) is 1. The Morgan fingerprint density at radius 1 is 1.39 bits per heavy atom. The first-order chi connectivity index (χ1) is 8.69. The van der Waals surface area contributed by atoms with Crippen molar-refractivity contribution in [1.29, 1.82) is 0 Å². The van der Waals surface area contributed by atoms with Crippen molar-refractivity contribution in [3.63, 3.8) is 0 Å². The molecule has 0 aliphatic heterocycles. The van der Waals surface area contributed by atoms with E-state index >= 15 is 0 Å². The van der Waals surface area contributed by atoms with Gasteiger partial charge in [-0.1, -0.05) is 6.92 Å². The summed E-state index contributed by atoms with van der Waals surface area (Å²) in [6, 6.07) is 6.26. The van der Waals surface area contributed by atoms with Crippen molar-refractivity contribution in [2.75, 3.05) is 19.5 Å². The first-order valence-electron chi connectivity index (χ1n) is 6.02. The number of hydrogen-bond acceptors (Lipinski definition) is 4. The molecule has 96 valence electrons. The Morgan fingerprint density at radius 3 is 2.72 bits per heavy atom. The molecular formula is C14H18N2OS. The Kier molecular flexibility index (Phi) is 3.87. The van der Waals surface area contributed by atoms with E-state index in [4.69, 9.17) is 4.74 Å². The van der Waals surface area contributed by atoms with Gasteiger partial charge in [-0.25, -0.2) is 4.98 Å². The molecule has 0 saturated heterocycles. The molecule has 2 rings (SSSR count). The number of aryl methyl sites for hydroxylation is 2. The van der Waals surface area contributed by atoms with Crippen molar-refractivity contribution in [3.05, 3.63) is 28.6 Å². The second-order valence-corrected chi connectivity index (χ2v) is 5.26. The van der Waals surface area contributed by atoms with Crippen molar-refractivity contribution in [3.8, 4) is 17.0 Å². The third kappa shape index (κ3) is 2.34. The van der Waals surface area contributed by atoms with Gasteiger partial charge >= 0.3 is 0 Å². The third-order valence-corrected chi connectivity index (χ3v) is 3.93. The van der Waals surface area contributed by atoms with Crippen molar-refractivity contribution in [1.82, 2.24) is 4.98 Å². The molecule has 1 aromatic heterocycles. The van der Waals surface area contributed by atoms with E-state index in [0.717, 1.165) is 28.6 Å². The summed E-state index contributed by atoms with van der Waals surface area (Å²) in [5.41, 5.74) is 3.43. The summed E-state index contributed by atoms with van der Waals surface area (Å²) in [6.45, 7) is 4.23. The Morgan fingerprint density at radius 2 is 2.17 bits per heavy atom. The number of ether oxygens (including phenoxy) is 1. The molecule has 3 nitrogen and oxygen atoms in total. The van der Waals surface area contributed by atoms with Gasteiger partial charge in [-0.15, -0.1) is 11.3 Å². The monoisotopic (exact) mass is 262 g/mol. The molecular weight excluding hydrogens is 244 g/mol. The maximum Gasteiger partial charge on any atom is 0.183 e. The fraction of sp³-hybridized carbons (Fsp3) is 0.357. The van der Waals surface area contributed by atoms with Gasteiger partial charge in [0.2, 0.25) is 0 Å². The molecule has 0 spiro atoms. The lowest BCUT2D eigenvalue weighted by molar-refractivity contribution is 0.410. The standard InChI is InChI=1S/C14H18N2OS/c1-5-10-8-11(6-7-12(10)17-4)13-9(2)18-14(15-3)16-13/h6-8H,5H2,1-4H3,(H,15,16). The quantitative estimate of drug-likeness (QED) is 0.911.